The fourth-order valence-corrected chi connectivity index (χ4v) is 2.05. The molecule has 3 nitrogen and oxygen atoms in total. The average molecular weight is 232 g/mol. The second kappa shape index (κ2) is 5.82. The summed E-state index contributed by atoms with van der Waals surface area (Å²) >= 11 is 0. The number of amides is 1. The van der Waals surface area contributed by atoms with Crippen LogP contribution in [0.4, 0.5) is 0 Å². The molecule has 0 atom stereocenters. The molecule has 0 saturated carbocycles. The van der Waals surface area contributed by atoms with Crippen LogP contribution in [0.25, 0.3) is 0 Å². The molecule has 1 saturated heterocycles. The lowest BCUT2D eigenvalue weighted by atomic mass is 10.0. The van der Waals surface area contributed by atoms with E-state index in [1.807, 2.05) is 18.0 Å². The zero-order valence-corrected chi connectivity index (χ0v) is 10.4. The van der Waals surface area contributed by atoms with Gasteiger partial charge in [-0.15, -0.1) is 0 Å². The SMILES string of the molecule is CN(CCCc1ccccc1)C(=O)C1CNC1. The highest BCUT2D eigenvalue weighted by Gasteiger charge is 2.27. The van der Waals surface area contributed by atoms with Crippen LogP contribution in [0, 0.1) is 5.92 Å². The summed E-state index contributed by atoms with van der Waals surface area (Å²) in [4.78, 5) is 13.7. The van der Waals surface area contributed by atoms with Gasteiger partial charge in [0.2, 0.25) is 5.91 Å². The molecule has 2 rings (SSSR count). The number of rotatable bonds is 5. The van der Waals surface area contributed by atoms with Crippen molar-refractivity contribution in [2.45, 2.75) is 12.8 Å². The van der Waals surface area contributed by atoms with E-state index < -0.39 is 0 Å². The Morgan fingerprint density at radius 3 is 2.65 bits per heavy atom. The molecule has 17 heavy (non-hydrogen) atoms. The third-order valence-electron chi connectivity index (χ3n) is 3.31. The third-order valence-corrected chi connectivity index (χ3v) is 3.31. The fraction of sp³-hybridized carbons (Fsp3) is 0.500. The molecule has 1 N–H and O–H groups in total. The summed E-state index contributed by atoms with van der Waals surface area (Å²) in [6.45, 7) is 2.55. The fourth-order valence-electron chi connectivity index (χ4n) is 2.05. The number of benzene rings is 1. The first-order chi connectivity index (χ1) is 8.27. The minimum atomic E-state index is 0.219. The van der Waals surface area contributed by atoms with Crippen LogP contribution in [0.5, 0.6) is 0 Å². The van der Waals surface area contributed by atoms with Gasteiger partial charge in [0.05, 0.1) is 5.92 Å². The van der Waals surface area contributed by atoms with E-state index in [1.165, 1.54) is 5.56 Å². The maximum atomic E-state index is 11.9. The molecule has 1 aliphatic heterocycles. The van der Waals surface area contributed by atoms with E-state index in [2.05, 4.69) is 29.6 Å². The molecule has 92 valence electrons. The normalized spacial score (nSPS) is 15.4. The minimum absolute atomic E-state index is 0.219. The lowest BCUT2D eigenvalue weighted by Gasteiger charge is -2.30. The van der Waals surface area contributed by atoms with Crippen molar-refractivity contribution in [1.29, 1.82) is 0 Å². The number of carbonyl (C=O) groups excluding carboxylic acids is 1. The molecular weight excluding hydrogens is 212 g/mol. The molecule has 0 aliphatic carbocycles. The van der Waals surface area contributed by atoms with Crippen molar-refractivity contribution in [3.05, 3.63) is 35.9 Å². The molecule has 1 amide bonds. The molecule has 0 spiro atoms. The molecule has 1 aromatic carbocycles. The number of hydrogen-bond acceptors (Lipinski definition) is 2. The van der Waals surface area contributed by atoms with E-state index in [0.717, 1.165) is 32.5 Å². The quantitative estimate of drug-likeness (QED) is 0.830. The van der Waals surface area contributed by atoms with Crippen LogP contribution in [-0.2, 0) is 11.2 Å². The average Bonchev–Trinajstić information content (AvgIpc) is 2.28. The maximum absolute atomic E-state index is 11.9. The van der Waals surface area contributed by atoms with Gasteiger partial charge in [-0.1, -0.05) is 30.3 Å². The molecule has 0 bridgehead atoms. The second-order valence-corrected chi connectivity index (χ2v) is 4.70. The molecule has 1 heterocycles. The topological polar surface area (TPSA) is 32.3 Å². The van der Waals surface area contributed by atoms with Gasteiger partial charge in [0.1, 0.15) is 0 Å². The van der Waals surface area contributed by atoms with Gasteiger partial charge in [-0.3, -0.25) is 4.79 Å². The van der Waals surface area contributed by atoms with Crippen LogP contribution in [0.15, 0.2) is 30.3 Å². The summed E-state index contributed by atoms with van der Waals surface area (Å²) < 4.78 is 0. The summed E-state index contributed by atoms with van der Waals surface area (Å²) in [5.74, 6) is 0.508. The standard InChI is InChI=1S/C14H20N2O/c1-16(14(17)13-10-15-11-13)9-5-8-12-6-3-2-4-7-12/h2-4,6-7,13,15H,5,8-11H2,1H3. The summed E-state index contributed by atoms with van der Waals surface area (Å²) in [5.41, 5.74) is 1.35. The predicted molar refractivity (Wildman–Crippen MR) is 68.8 cm³/mol. The van der Waals surface area contributed by atoms with Crippen LogP contribution in [-0.4, -0.2) is 37.5 Å². The predicted octanol–water partition coefficient (Wildman–Crippen LogP) is 1.30. The molecule has 1 aromatic rings. The highest BCUT2D eigenvalue weighted by molar-refractivity contribution is 5.79. The van der Waals surface area contributed by atoms with E-state index in [4.69, 9.17) is 0 Å². The first-order valence-electron chi connectivity index (χ1n) is 6.27. The molecule has 1 fully saturated rings. The maximum Gasteiger partial charge on any atom is 0.227 e. The van der Waals surface area contributed by atoms with Crippen LogP contribution < -0.4 is 5.32 Å². The van der Waals surface area contributed by atoms with E-state index in [1.54, 1.807) is 0 Å². The molecular formula is C14H20N2O. The monoisotopic (exact) mass is 232 g/mol. The summed E-state index contributed by atoms with van der Waals surface area (Å²) in [6, 6.07) is 10.4. The Labute approximate surface area is 103 Å². The second-order valence-electron chi connectivity index (χ2n) is 4.70. The van der Waals surface area contributed by atoms with Gasteiger partial charge in [-0.05, 0) is 18.4 Å². The Bertz CT molecular complexity index is 360. The van der Waals surface area contributed by atoms with Crippen LogP contribution in [0.2, 0.25) is 0 Å². The Morgan fingerprint density at radius 2 is 2.06 bits per heavy atom. The number of nitrogens with zero attached hydrogens (tertiary/aromatic N) is 1. The lowest BCUT2D eigenvalue weighted by Crippen LogP contribution is -2.51. The summed E-state index contributed by atoms with van der Waals surface area (Å²) in [6.07, 6.45) is 2.08. The van der Waals surface area contributed by atoms with Gasteiger partial charge in [-0.25, -0.2) is 0 Å². The van der Waals surface area contributed by atoms with Crippen molar-refractivity contribution in [2.75, 3.05) is 26.7 Å². The van der Waals surface area contributed by atoms with Gasteiger partial charge in [0.25, 0.3) is 0 Å². The molecule has 0 aromatic heterocycles. The van der Waals surface area contributed by atoms with Crippen molar-refractivity contribution >= 4 is 5.91 Å². The Hall–Kier alpha value is -1.35. The van der Waals surface area contributed by atoms with Crippen LogP contribution >= 0.6 is 0 Å². The highest BCUT2D eigenvalue weighted by atomic mass is 16.2. The van der Waals surface area contributed by atoms with Gasteiger partial charge < -0.3 is 10.2 Å². The number of hydrogen-bond donors (Lipinski definition) is 1. The molecule has 0 radical (unpaired) electrons. The number of carbonyl (C=O) groups is 1. The van der Waals surface area contributed by atoms with Crippen LogP contribution in [0.3, 0.4) is 0 Å². The first-order valence-corrected chi connectivity index (χ1v) is 6.27. The lowest BCUT2D eigenvalue weighted by molar-refractivity contribution is -0.135. The van der Waals surface area contributed by atoms with Gasteiger partial charge >= 0.3 is 0 Å². The van der Waals surface area contributed by atoms with Crippen molar-refractivity contribution in [3.63, 3.8) is 0 Å². The summed E-state index contributed by atoms with van der Waals surface area (Å²) in [7, 11) is 1.91. The van der Waals surface area contributed by atoms with Gasteiger partial charge in [0.15, 0.2) is 0 Å². The van der Waals surface area contributed by atoms with E-state index >= 15 is 0 Å². The largest absolute Gasteiger partial charge is 0.345 e. The molecule has 0 unspecified atom stereocenters. The number of nitrogens with one attached hydrogen (secondary N) is 1. The smallest absolute Gasteiger partial charge is 0.227 e. The van der Waals surface area contributed by atoms with Crippen LogP contribution in [0.1, 0.15) is 12.0 Å². The molecule has 1 aliphatic rings. The Kier molecular flexibility index (Phi) is 4.15. The van der Waals surface area contributed by atoms with Crippen molar-refractivity contribution in [1.82, 2.24) is 10.2 Å². The Balaban J connectivity index is 1.69. The summed E-state index contributed by atoms with van der Waals surface area (Å²) in [5, 5.41) is 3.13. The number of aryl methyl sites for hydroxylation is 1. The van der Waals surface area contributed by atoms with Crippen molar-refractivity contribution in [3.8, 4) is 0 Å². The van der Waals surface area contributed by atoms with E-state index in [0.29, 0.717) is 0 Å². The Morgan fingerprint density at radius 1 is 1.35 bits per heavy atom. The van der Waals surface area contributed by atoms with E-state index in [-0.39, 0.29) is 11.8 Å². The highest BCUT2D eigenvalue weighted by Crippen LogP contribution is 2.08. The first kappa shape index (κ1) is 12.1. The van der Waals surface area contributed by atoms with E-state index in [9.17, 15) is 4.79 Å². The zero-order chi connectivity index (χ0) is 12.1. The van der Waals surface area contributed by atoms with Gasteiger partial charge in [-0.2, -0.15) is 0 Å². The minimum Gasteiger partial charge on any atom is -0.345 e. The van der Waals surface area contributed by atoms with Gasteiger partial charge in [0, 0.05) is 26.7 Å². The van der Waals surface area contributed by atoms with Crippen molar-refractivity contribution < 1.29 is 4.79 Å². The third kappa shape index (κ3) is 3.30. The van der Waals surface area contributed by atoms with Crippen molar-refractivity contribution in [2.24, 2.45) is 5.92 Å². The zero-order valence-electron chi connectivity index (χ0n) is 10.4. The molecule has 3 heteroatoms.